The second kappa shape index (κ2) is 4.98. The Labute approximate surface area is 93.4 Å². The molecule has 6 nitrogen and oxygen atoms in total. The number of hydrogen-bond donors (Lipinski definition) is 0. The van der Waals surface area contributed by atoms with Crippen LogP contribution in [0.15, 0.2) is 18.7 Å². The summed E-state index contributed by atoms with van der Waals surface area (Å²) in [4.78, 5) is 16.7. The Kier molecular flexibility index (Phi) is 3.67. The van der Waals surface area contributed by atoms with E-state index in [1.165, 1.54) is 24.2 Å². The molecule has 0 radical (unpaired) electrons. The summed E-state index contributed by atoms with van der Waals surface area (Å²) in [5.74, 6) is -0.527. The maximum atomic E-state index is 11.1. The molecule has 6 heteroatoms. The lowest BCUT2D eigenvalue weighted by Gasteiger charge is -2.06. The van der Waals surface area contributed by atoms with Gasteiger partial charge in [-0.3, -0.25) is 4.57 Å². The number of carbonyl (C=O) groups is 1. The lowest BCUT2D eigenvalue weighted by atomic mass is 10.4. The lowest BCUT2D eigenvalue weighted by Crippen LogP contribution is -2.05. The molecule has 0 aliphatic carbocycles. The molecule has 0 saturated carbocycles. The second-order valence-electron chi connectivity index (χ2n) is 3.25. The zero-order valence-corrected chi connectivity index (χ0v) is 9.34. The summed E-state index contributed by atoms with van der Waals surface area (Å²) in [7, 11) is 4.88. The second-order valence-corrected chi connectivity index (χ2v) is 3.25. The van der Waals surface area contributed by atoms with Gasteiger partial charge in [-0.05, 0) is 0 Å². The highest BCUT2D eigenvalue weighted by Crippen LogP contribution is 2.06. The molecule has 0 aromatic carbocycles. The normalized spacial score (nSPS) is 10.8. The zero-order chi connectivity index (χ0) is 12.1. The van der Waals surface area contributed by atoms with E-state index in [0.29, 0.717) is 5.70 Å². The molecule has 1 aromatic heterocycles. The molecule has 0 saturated heterocycles. The maximum Gasteiger partial charge on any atom is 0.358 e. The van der Waals surface area contributed by atoms with Gasteiger partial charge >= 0.3 is 5.97 Å². The van der Waals surface area contributed by atoms with E-state index in [-0.39, 0.29) is 5.69 Å². The molecule has 0 unspecified atom stereocenters. The van der Waals surface area contributed by atoms with Crippen LogP contribution in [0, 0.1) is 11.3 Å². The summed E-state index contributed by atoms with van der Waals surface area (Å²) in [5, 5.41) is 8.92. The Morgan fingerprint density at radius 1 is 1.69 bits per heavy atom. The van der Waals surface area contributed by atoms with Gasteiger partial charge in [0.1, 0.15) is 18.1 Å². The minimum absolute atomic E-state index is 0.169. The molecular formula is C10H12N4O2. The SMILES string of the molecule is COC(=O)c1cn(C(C#N)=CN(C)C)cn1. The van der Waals surface area contributed by atoms with Crippen molar-refractivity contribution in [1.29, 1.82) is 5.26 Å². The fourth-order valence-corrected chi connectivity index (χ4v) is 1.06. The van der Waals surface area contributed by atoms with Gasteiger partial charge in [0.2, 0.25) is 0 Å². The average Bonchev–Trinajstić information content (AvgIpc) is 2.73. The lowest BCUT2D eigenvalue weighted by molar-refractivity contribution is 0.0594. The smallest absolute Gasteiger partial charge is 0.358 e. The summed E-state index contributed by atoms with van der Waals surface area (Å²) >= 11 is 0. The molecule has 1 aromatic rings. The molecule has 0 fully saturated rings. The molecule has 0 aliphatic heterocycles. The summed E-state index contributed by atoms with van der Waals surface area (Å²) < 4.78 is 5.98. The molecular weight excluding hydrogens is 208 g/mol. The number of imidazole rings is 1. The van der Waals surface area contributed by atoms with Crippen molar-refractivity contribution in [2.24, 2.45) is 0 Å². The highest BCUT2D eigenvalue weighted by atomic mass is 16.5. The number of nitriles is 1. The molecule has 0 bridgehead atoms. The van der Waals surface area contributed by atoms with Crippen molar-refractivity contribution < 1.29 is 9.53 Å². The maximum absolute atomic E-state index is 11.1. The van der Waals surface area contributed by atoms with Crippen LogP contribution in [-0.4, -0.2) is 41.6 Å². The predicted octanol–water partition coefficient (Wildman–Crippen LogP) is 0.553. The topological polar surface area (TPSA) is 71.2 Å². The number of esters is 1. The first-order valence-electron chi connectivity index (χ1n) is 4.49. The molecule has 0 N–H and O–H groups in total. The summed E-state index contributed by atoms with van der Waals surface area (Å²) in [6.45, 7) is 0. The Hall–Kier alpha value is -2.29. The molecule has 0 atom stereocenters. The van der Waals surface area contributed by atoms with Gasteiger partial charge in [-0.15, -0.1) is 0 Å². The van der Waals surface area contributed by atoms with Gasteiger partial charge in [0.05, 0.1) is 7.11 Å². The van der Waals surface area contributed by atoms with Gasteiger partial charge in [0, 0.05) is 26.5 Å². The zero-order valence-electron chi connectivity index (χ0n) is 9.34. The van der Waals surface area contributed by atoms with Crippen molar-refractivity contribution in [3.63, 3.8) is 0 Å². The van der Waals surface area contributed by atoms with Crippen LogP contribution in [0.3, 0.4) is 0 Å². The van der Waals surface area contributed by atoms with Gasteiger partial charge in [-0.25, -0.2) is 9.78 Å². The molecule has 0 spiro atoms. The van der Waals surface area contributed by atoms with Gasteiger partial charge < -0.3 is 9.64 Å². The quantitative estimate of drug-likeness (QED) is 0.549. The minimum Gasteiger partial charge on any atom is -0.464 e. The van der Waals surface area contributed by atoms with E-state index >= 15 is 0 Å². The first-order chi connectivity index (χ1) is 7.58. The Morgan fingerprint density at radius 3 is 2.88 bits per heavy atom. The van der Waals surface area contributed by atoms with Crippen molar-refractivity contribution in [3.05, 3.63) is 24.4 Å². The van der Waals surface area contributed by atoms with E-state index in [2.05, 4.69) is 9.72 Å². The highest BCUT2D eigenvalue weighted by Gasteiger charge is 2.10. The minimum atomic E-state index is -0.527. The summed E-state index contributed by atoms with van der Waals surface area (Å²) in [6, 6.07) is 2.01. The Balaban J connectivity index is 3.02. The van der Waals surface area contributed by atoms with Crippen LogP contribution in [0.5, 0.6) is 0 Å². The molecule has 16 heavy (non-hydrogen) atoms. The third kappa shape index (κ3) is 2.60. The number of allylic oxidation sites excluding steroid dienone is 1. The van der Waals surface area contributed by atoms with Crippen molar-refractivity contribution in [2.75, 3.05) is 21.2 Å². The molecule has 1 rings (SSSR count). The molecule has 84 valence electrons. The molecule has 1 heterocycles. The van der Waals surface area contributed by atoms with Gasteiger partial charge in [0.25, 0.3) is 0 Å². The van der Waals surface area contributed by atoms with E-state index < -0.39 is 5.97 Å². The van der Waals surface area contributed by atoms with Gasteiger partial charge in [-0.2, -0.15) is 5.26 Å². The van der Waals surface area contributed by atoms with E-state index in [1.807, 2.05) is 6.07 Å². The van der Waals surface area contributed by atoms with E-state index in [1.54, 1.807) is 25.2 Å². The average molecular weight is 220 g/mol. The van der Waals surface area contributed by atoms with Gasteiger partial charge in [0.15, 0.2) is 5.69 Å². The summed E-state index contributed by atoms with van der Waals surface area (Å²) in [5.41, 5.74) is 0.537. The third-order valence-electron chi connectivity index (χ3n) is 1.75. The van der Waals surface area contributed by atoms with Crippen molar-refractivity contribution in [2.45, 2.75) is 0 Å². The predicted molar refractivity (Wildman–Crippen MR) is 57.1 cm³/mol. The van der Waals surface area contributed by atoms with Crippen LogP contribution in [-0.2, 0) is 4.74 Å². The first kappa shape index (κ1) is 11.8. The van der Waals surface area contributed by atoms with Crippen LogP contribution < -0.4 is 0 Å². The standard InChI is InChI=1S/C10H12N4O2/c1-13(2)5-8(4-11)14-6-9(12-7-14)10(15)16-3/h5-7H,1-3H3. The van der Waals surface area contributed by atoms with Crippen LogP contribution in [0.25, 0.3) is 5.70 Å². The van der Waals surface area contributed by atoms with Crippen molar-refractivity contribution in [1.82, 2.24) is 14.5 Å². The molecule has 0 aliphatic rings. The largest absolute Gasteiger partial charge is 0.464 e. The number of methoxy groups -OCH3 is 1. The highest BCUT2D eigenvalue weighted by molar-refractivity contribution is 5.87. The third-order valence-corrected chi connectivity index (χ3v) is 1.75. The monoisotopic (exact) mass is 220 g/mol. The van der Waals surface area contributed by atoms with E-state index in [9.17, 15) is 4.79 Å². The number of nitrogens with zero attached hydrogens (tertiary/aromatic N) is 4. The summed E-state index contributed by atoms with van der Waals surface area (Å²) in [6.07, 6.45) is 4.47. The van der Waals surface area contributed by atoms with Crippen molar-refractivity contribution >= 4 is 11.7 Å². The van der Waals surface area contributed by atoms with E-state index in [0.717, 1.165) is 0 Å². The number of carbonyl (C=O) groups excluding carboxylic acids is 1. The fraction of sp³-hybridized carbons (Fsp3) is 0.300. The van der Waals surface area contributed by atoms with Crippen molar-refractivity contribution in [3.8, 4) is 6.07 Å². The number of rotatable bonds is 3. The van der Waals surface area contributed by atoms with E-state index in [4.69, 9.17) is 5.26 Å². The van der Waals surface area contributed by atoms with Crippen LogP contribution in [0.2, 0.25) is 0 Å². The Morgan fingerprint density at radius 2 is 2.38 bits per heavy atom. The van der Waals surface area contributed by atoms with Gasteiger partial charge in [-0.1, -0.05) is 0 Å². The van der Waals surface area contributed by atoms with Crippen LogP contribution in [0.4, 0.5) is 0 Å². The number of ether oxygens (including phenoxy) is 1. The van der Waals surface area contributed by atoms with Crippen LogP contribution in [0.1, 0.15) is 10.5 Å². The molecule has 0 amide bonds. The number of aromatic nitrogens is 2. The number of hydrogen-bond acceptors (Lipinski definition) is 5. The fourth-order valence-electron chi connectivity index (χ4n) is 1.06. The van der Waals surface area contributed by atoms with Crippen LogP contribution >= 0.6 is 0 Å². The first-order valence-corrected chi connectivity index (χ1v) is 4.49. The Bertz CT molecular complexity index is 454.